The zero-order valence-corrected chi connectivity index (χ0v) is 19.6. The highest BCUT2D eigenvalue weighted by molar-refractivity contribution is 7.88. The van der Waals surface area contributed by atoms with Crippen molar-refractivity contribution in [3.05, 3.63) is 63.6 Å². The van der Waals surface area contributed by atoms with Gasteiger partial charge in [0.1, 0.15) is 12.4 Å². The van der Waals surface area contributed by atoms with Crippen LogP contribution in [0, 0.1) is 12.8 Å². The van der Waals surface area contributed by atoms with Gasteiger partial charge in [-0.3, -0.25) is 4.79 Å². The molecule has 1 aliphatic rings. The molecular formula is C22H26Cl2N2O4S. The summed E-state index contributed by atoms with van der Waals surface area (Å²) in [5, 5.41) is 3.56. The van der Waals surface area contributed by atoms with E-state index in [4.69, 9.17) is 27.9 Å². The van der Waals surface area contributed by atoms with Crippen LogP contribution in [-0.4, -0.2) is 44.9 Å². The van der Waals surface area contributed by atoms with Gasteiger partial charge in [0.15, 0.2) is 0 Å². The van der Waals surface area contributed by atoms with Crippen LogP contribution in [0.1, 0.15) is 24.0 Å². The number of piperidine rings is 1. The molecule has 0 aromatic heterocycles. The van der Waals surface area contributed by atoms with Gasteiger partial charge in [0.2, 0.25) is 15.9 Å². The van der Waals surface area contributed by atoms with E-state index in [1.54, 1.807) is 18.2 Å². The number of nitrogens with zero attached hydrogens (tertiary/aromatic N) is 1. The highest BCUT2D eigenvalue weighted by Crippen LogP contribution is 2.26. The molecule has 31 heavy (non-hydrogen) atoms. The van der Waals surface area contributed by atoms with Crippen LogP contribution in [0.2, 0.25) is 10.0 Å². The molecule has 0 spiro atoms. The molecule has 1 N–H and O–H groups in total. The lowest BCUT2D eigenvalue weighted by Gasteiger charge is -2.31. The van der Waals surface area contributed by atoms with E-state index in [-0.39, 0.29) is 24.1 Å². The van der Waals surface area contributed by atoms with Crippen molar-refractivity contribution < 1.29 is 17.9 Å². The van der Waals surface area contributed by atoms with Gasteiger partial charge in [-0.2, -0.15) is 0 Å². The van der Waals surface area contributed by atoms with E-state index in [0.29, 0.717) is 48.1 Å². The van der Waals surface area contributed by atoms with Crippen molar-refractivity contribution in [3.8, 4) is 5.75 Å². The summed E-state index contributed by atoms with van der Waals surface area (Å²) in [6.45, 7) is 3.25. The largest absolute Gasteiger partial charge is 0.491 e. The molecular weight excluding hydrogens is 459 g/mol. The first-order valence-corrected chi connectivity index (χ1v) is 12.5. The first-order valence-electron chi connectivity index (χ1n) is 10.1. The van der Waals surface area contributed by atoms with E-state index < -0.39 is 10.0 Å². The zero-order chi connectivity index (χ0) is 22.4. The van der Waals surface area contributed by atoms with Gasteiger partial charge in [-0.05, 0) is 49.1 Å². The van der Waals surface area contributed by atoms with E-state index in [1.165, 1.54) is 4.31 Å². The van der Waals surface area contributed by atoms with E-state index in [0.717, 1.165) is 11.3 Å². The fourth-order valence-electron chi connectivity index (χ4n) is 3.54. The lowest BCUT2D eigenvalue weighted by atomic mass is 9.99. The van der Waals surface area contributed by atoms with Crippen LogP contribution < -0.4 is 10.1 Å². The fourth-order valence-corrected chi connectivity index (χ4v) is 5.46. The van der Waals surface area contributed by atoms with Crippen LogP contribution >= 0.6 is 23.2 Å². The Hall–Kier alpha value is -1.80. The van der Waals surface area contributed by atoms with Gasteiger partial charge in [0.05, 0.1) is 28.3 Å². The zero-order valence-electron chi connectivity index (χ0n) is 17.3. The number of ether oxygens (including phenoxy) is 1. The summed E-state index contributed by atoms with van der Waals surface area (Å²) in [4.78, 5) is 12.6. The summed E-state index contributed by atoms with van der Waals surface area (Å²) >= 11 is 11.9. The minimum absolute atomic E-state index is 0.150. The van der Waals surface area contributed by atoms with Crippen molar-refractivity contribution in [2.24, 2.45) is 5.92 Å². The number of sulfonamides is 1. The third kappa shape index (κ3) is 6.59. The first-order chi connectivity index (χ1) is 14.8. The lowest BCUT2D eigenvalue weighted by molar-refractivity contribution is -0.126. The predicted molar refractivity (Wildman–Crippen MR) is 123 cm³/mol. The molecule has 1 amide bonds. The van der Waals surface area contributed by atoms with Gasteiger partial charge in [-0.25, -0.2) is 12.7 Å². The van der Waals surface area contributed by atoms with Gasteiger partial charge < -0.3 is 10.1 Å². The maximum Gasteiger partial charge on any atom is 0.224 e. The number of rotatable bonds is 8. The lowest BCUT2D eigenvalue weighted by Crippen LogP contribution is -2.46. The standard InChI is InChI=1S/C22H26Cl2N2O4S/c1-16-5-2-3-7-21(16)30-12-10-25-22(27)18-6-4-11-26(14-18)31(28,29)15-17-8-9-19(23)20(24)13-17/h2-3,5,7-9,13,18H,4,6,10-12,14-15H2,1H3,(H,25,27)/t18-/m1/s1. The van der Waals surface area contributed by atoms with Crippen molar-refractivity contribution >= 4 is 39.1 Å². The Labute approximate surface area is 193 Å². The second kappa shape index (κ2) is 10.7. The Bertz CT molecular complexity index is 1030. The van der Waals surface area contributed by atoms with Gasteiger partial charge in [0, 0.05) is 13.1 Å². The molecule has 2 aromatic carbocycles. The molecule has 9 heteroatoms. The summed E-state index contributed by atoms with van der Waals surface area (Å²) < 4.78 is 32.8. The summed E-state index contributed by atoms with van der Waals surface area (Å²) in [7, 11) is -3.57. The molecule has 1 heterocycles. The third-order valence-electron chi connectivity index (χ3n) is 5.23. The van der Waals surface area contributed by atoms with Crippen LogP contribution in [0.25, 0.3) is 0 Å². The molecule has 3 rings (SSSR count). The van der Waals surface area contributed by atoms with E-state index in [1.807, 2.05) is 31.2 Å². The van der Waals surface area contributed by atoms with E-state index in [2.05, 4.69) is 5.32 Å². The highest BCUT2D eigenvalue weighted by Gasteiger charge is 2.32. The van der Waals surface area contributed by atoms with Crippen LogP contribution in [0.15, 0.2) is 42.5 Å². The molecule has 0 saturated carbocycles. The topological polar surface area (TPSA) is 75.7 Å². The number of nitrogens with one attached hydrogen (secondary N) is 1. The fraction of sp³-hybridized carbons (Fsp3) is 0.409. The molecule has 0 radical (unpaired) electrons. The minimum atomic E-state index is -3.57. The number of aryl methyl sites for hydroxylation is 1. The number of hydrogen-bond donors (Lipinski definition) is 1. The normalized spacial score (nSPS) is 17.3. The number of benzene rings is 2. The minimum Gasteiger partial charge on any atom is -0.491 e. The van der Waals surface area contributed by atoms with Crippen LogP contribution in [0.3, 0.4) is 0 Å². The van der Waals surface area contributed by atoms with Crippen molar-refractivity contribution in [3.63, 3.8) is 0 Å². The molecule has 0 bridgehead atoms. The molecule has 1 aliphatic heterocycles. The Morgan fingerprint density at radius 2 is 1.97 bits per heavy atom. The van der Waals surface area contributed by atoms with Crippen LogP contribution in [0.4, 0.5) is 0 Å². The number of halogens is 2. The molecule has 0 unspecified atom stereocenters. The second-order valence-corrected chi connectivity index (χ2v) is 10.4. The average Bonchev–Trinajstić information content (AvgIpc) is 2.75. The number of hydrogen-bond acceptors (Lipinski definition) is 4. The molecule has 1 atom stereocenters. The van der Waals surface area contributed by atoms with E-state index in [9.17, 15) is 13.2 Å². The molecule has 0 aliphatic carbocycles. The van der Waals surface area contributed by atoms with Crippen molar-refractivity contribution in [1.82, 2.24) is 9.62 Å². The molecule has 2 aromatic rings. The van der Waals surface area contributed by atoms with Crippen LogP contribution in [-0.2, 0) is 20.6 Å². The number of para-hydroxylation sites is 1. The highest BCUT2D eigenvalue weighted by atomic mass is 35.5. The average molecular weight is 485 g/mol. The maximum atomic E-state index is 12.9. The van der Waals surface area contributed by atoms with Gasteiger partial charge in [-0.15, -0.1) is 0 Å². The molecule has 6 nitrogen and oxygen atoms in total. The summed E-state index contributed by atoms with van der Waals surface area (Å²) in [6.07, 6.45) is 1.29. The van der Waals surface area contributed by atoms with Gasteiger partial charge in [0.25, 0.3) is 0 Å². The van der Waals surface area contributed by atoms with Crippen molar-refractivity contribution in [2.75, 3.05) is 26.2 Å². The Kier molecular flexibility index (Phi) is 8.22. The SMILES string of the molecule is Cc1ccccc1OCCNC(=O)[C@@H]1CCCN(S(=O)(=O)Cc2ccc(Cl)c(Cl)c2)C1. The maximum absolute atomic E-state index is 12.9. The monoisotopic (exact) mass is 484 g/mol. The van der Waals surface area contributed by atoms with Gasteiger partial charge in [-0.1, -0.05) is 47.5 Å². The quantitative estimate of drug-likeness (QED) is 0.573. The summed E-state index contributed by atoms with van der Waals surface area (Å²) in [5.41, 5.74) is 1.60. The van der Waals surface area contributed by atoms with Crippen molar-refractivity contribution in [1.29, 1.82) is 0 Å². The number of amides is 1. The Balaban J connectivity index is 1.51. The molecule has 168 valence electrons. The van der Waals surface area contributed by atoms with Gasteiger partial charge >= 0.3 is 0 Å². The third-order valence-corrected chi connectivity index (χ3v) is 7.79. The predicted octanol–water partition coefficient (Wildman–Crippen LogP) is 4.04. The summed E-state index contributed by atoms with van der Waals surface area (Å²) in [5.74, 6) is 0.0790. The Morgan fingerprint density at radius 3 is 2.71 bits per heavy atom. The second-order valence-electron chi connectivity index (χ2n) is 7.61. The molecule has 1 fully saturated rings. The number of carbonyl (C=O) groups excluding carboxylic acids is 1. The van der Waals surface area contributed by atoms with Crippen molar-refractivity contribution in [2.45, 2.75) is 25.5 Å². The molecule has 1 saturated heterocycles. The first kappa shape index (κ1) is 23.9. The van der Waals surface area contributed by atoms with E-state index >= 15 is 0 Å². The smallest absolute Gasteiger partial charge is 0.224 e. The summed E-state index contributed by atoms with van der Waals surface area (Å²) in [6, 6.07) is 12.5. The Morgan fingerprint density at radius 1 is 1.19 bits per heavy atom. The number of carbonyl (C=O) groups is 1. The van der Waals surface area contributed by atoms with Crippen LogP contribution in [0.5, 0.6) is 5.75 Å².